The Morgan fingerprint density at radius 1 is 1.50 bits per heavy atom. The maximum absolute atomic E-state index is 8.96. The molecule has 0 spiro atoms. The van der Waals surface area contributed by atoms with Gasteiger partial charge in [0.1, 0.15) is 5.82 Å². The minimum absolute atomic E-state index is 0.185. The molecule has 0 saturated heterocycles. The molecule has 0 aliphatic rings. The normalized spacial score (nSPS) is 14.9. The molecular formula is C10H15BrN2O. The number of aliphatic hydroxyl groups excluding tert-OH is 1. The van der Waals surface area contributed by atoms with Gasteiger partial charge in [0.2, 0.25) is 0 Å². The summed E-state index contributed by atoms with van der Waals surface area (Å²) in [4.78, 5) is 4.20. The van der Waals surface area contributed by atoms with Crippen molar-refractivity contribution in [2.75, 3.05) is 11.9 Å². The molecule has 0 bridgehead atoms. The number of hydrogen-bond donors (Lipinski definition) is 2. The third kappa shape index (κ3) is 3.27. The lowest BCUT2D eigenvalue weighted by Crippen LogP contribution is -2.26. The second-order valence-corrected chi connectivity index (χ2v) is 4.37. The van der Waals surface area contributed by atoms with Gasteiger partial charge in [0.05, 0.1) is 0 Å². The molecule has 0 aliphatic heterocycles. The number of halogens is 1. The van der Waals surface area contributed by atoms with Crippen molar-refractivity contribution in [3.63, 3.8) is 0 Å². The van der Waals surface area contributed by atoms with Crippen molar-refractivity contribution in [1.29, 1.82) is 0 Å². The molecule has 1 aromatic heterocycles. The van der Waals surface area contributed by atoms with Crippen molar-refractivity contribution >= 4 is 21.7 Å². The van der Waals surface area contributed by atoms with Crippen molar-refractivity contribution in [1.82, 2.24) is 4.98 Å². The number of aliphatic hydroxyl groups is 1. The number of rotatable bonds is 4. The molecule has 0 fully saturated rings. The highest BCUT2D eigenvalue weighted by Crippen LogP contribution is 2.13. The monoisotopic (exact) mass is 258 g/mol. The van der Waals surface area contributed by atoms with Crippen LogP contribution >= 0.6 is 15.9 Å². The number of aromatic nitrogens is 1. The summed E-state index contributed by atoms with van der Waals surface area (Å²) in [6, 6.07) is 4.06. The Morgan fingerprint density at radius 2 is 2.21 bits per heavy atom. The number of hydrogen-bond acceptors (Lipinski definition) is 3. The lowest BCUT2D eigenvalue weighted by atomic mass is 10.1. The predicted molar refractivity (Wildman–Crippen MR) is 61.3 cm³/mol. The van der Waals surface area contributed by atoms with Gasteiger partial charge in [0, 0.05) is 23.3 Å². The van der Waals surface area contributed by atoms with Gasteiger partial charge in [-0.25, -0.2) is 4.98 Å². The van der Waals surface area contributed by atoms with E-state index >= 15 is 0 Å². The van der Waals surface area contributed by atoms with Crippen molar-refractivity contribution in [2.45, 2.75) is 19.9 Å². The minimum Gasteiger partial charge on any atom is -0.396 e. The molecule has 2 atom stereocenters. The van der Waals surface area contributed by atoms with Crippen LogP contribution in [-0.2, 0) is 0 Å². The average molecular weight is 259 g/mol. The molecule has 1 heterocycles. The van der Waals surface area contributed by atoms with Crippen LogP contribution in [0.15, 0.2) is 22.8 Å². The number of nitrogens with one attached hydrogen (secondary N) is 1. The van der Waals surface area contributed by atoms with E-state index in [0.29, 0.717) is 0 Å². The van der Waals surface area contributed by atoms with Crippen LogP contribution in [0.2, 0.25) is 0 Å². The Hall–Kier alpha value is -0.610. The fourth-order valence-corrected chi connectivity index (χ4v) is 1.23. The van der Waals surface area contributed by atoms with E-state index < -0.39 is 0 Å². The molecule has 1 rings (SSSR count). The summed E-state index contributed by atoms with van der Waals surface area (Å²) in [6.07, 6.45) is 1.75. The van der Waals surface area contributed by atoms with E-state index in [2.05, 4.69) is 26.2 Å². The summed E-state index contributed by atoms with van der Waals surface area (Å²) in [6.45, 7) is 4.21. The van der Waals surface area contributed by atoms with Gasteiger partial charge >= 0.3 is 0 Å². The van der Waals surface area contributed by atoms with Gasteiger partial charge in [0.25, 0.3) is 0 Å². The van der Waals surface area contributed by atoms with Gasteiger partial charge < -0.3 is 10.4 Å². The molecule has 0 aromatic carbocycles. The molecule has 4 heteroatoms. The first-order chi connectivity index (χ1) is 6.63. The number of nitrogens with zero attached hydrogens (tertiary/aromatic N) is 1. The van der Waals surface area contributed by atoms with E-state index in [-0.39, 0.29) is 18.6 Å². The van der Waals surface area contributed by atoms with Crippen LogP contribution in [-0.4, -0.2) is 22.7 Å². The largest absolute Gasteiger partial charge is 0.396 e. The molecule has 0 saturated carbocycles. The summed E-state index contributed by atoms with van der Waals surface area (Å²) in [7, 11) is 0. The van der Waals surface area contributed by atoms with E-state index in [1.54, 1.807) is 6.20 Å². The second-order valence-electron chi connectivity index (χ2n) is 3.45. The Kier molecular flexibility index (Phi) is 4.35. The van der Waals surface area contributed by atoms with Gasteiger partial charge in [-0.05, 0) is 40.9 Å². The summed E-state index contributed by atoms with van der Waals surface area (Å²) >= 11 is 3.32. The number of pyridine rings is 1. The van der Waals surface area contributed by atoms with Crippen molar-refractivity contribution in [2.24, 2.45) is 5.92 Å². The molecule has 3 nitrogen and oxygen atoms in total. The van der Waals surface area contributed by atoms with Crippen LogP contribution in [0.5, 0.6) is 0 Å². The third-order valence-electron chi connectivity index (χ3n) is 2.24. The zero-order valence-electron chi connectivity index (χ0n) is 8.37. The van der Waals surface area contributed by atoms with Gasteiger partial charge in [0.15, 0.2) is 0 Å². The van der Waals surface area contributed by atoms with Crippen LogP contribution in [0.4, 0.5) is 5.82 Å². The Morgan fingerprint density at radius 3 is 2.71 bits per heavy atom. The van der Waals surface area contributed by atoms with Crippen molar-refractivity contribution in [3.8, 4) is 0 Å². The van der Waals surface area contributed by atoms with Gasteiger partial charge in [-0.15, -0.1) is 0 Å². The second kappa shape index (κ2) is 5.32. The highest BCUT2D eigenvalue weighted by Gasteiger charge is 2.10. The third-order valence-corrected chi connectivity index (χ3v) is 2.71. The average Bonchev–Trinajstić information content (AvgIpc) is 2.20. The zero-order chi connectivity index (χ0) is 10.6. The molecule has 0 radical (unpaired) electrons. The molecule has 0 aliphatic carbocycles. The Balaban J connectivity index is 2.56. The van der Waals surface area contributed by atoms with Gasteiger partial charge in [-0.2, -0.15) is 0 Å². The quantitative estimate of drug-likeness (QED) is 0.871. The molecule has 2 N–H and O–H groups in total. The van der Waals surface area contributed by atoms with E-state index in [1.165, 1.54) is 0 Å². The van der Waals surface area contributed by atoms with E-state index in [4.69, 9.17) is 5.11 Å². The summed E-state index contributed by atoms with van der Waals surface area (Å²) in [5.74, 6) is 1.06. The molecule has 0 amide bonds. The number of anilines is 1. The van der Waals surface area contributed by atoms with Crippen molar-refractivity contribution < 1.29 is 5.11 Å². The molecule has 78 valence electrons. The van der Waals surface area contributed by atoms with Crippen molar-refractivity contribution in [3.05, 3.63) is 22.8 Å². The molecule has 1 aromatic rings. The van der Waals surface area contributed by atoms with E-state index in [1.807, 2.05) is 26.0 Å². The fourth-order valence-electron chi connectivity index (χ4n) is 0.995. The maximum Gasteiger partial charge on any atom is 0.126 e. The highest BCUT2D eigenvalue weighted by molar-refractivity contribution is 9.10. The first-order valence-corrected chi connectivity index (χ1v) is 5.41. The smallest absolute Gasteiger partial charge is 0.126 e. The summed E-state index contributed by atoms with van der Waals surface area (Å²) in [5, 5.41) is 12.2. The summed E-state index contributed by atoms with van der Waals surface area (Å²) in [5.41, 5.74) is 0. The first kappa shape index (κ1) is 11.5. The van der Waals surface area contributed by atoms with Gasteiger partial charge in [-0.3, -0.25) is 0 Å². The van der Waals surface area contributed by atoms with Crippen LogP contribution in [0.3, 0.4) is 0 Å². The Bertz CT molecular complexity index is 276. The van der Waals surface area contributed by atoms with Crippen LogP contribution in [0, 0.1) is 5.92 Å². The zero-order valence-corrected chi connectivity index (χ0v) is 9.95. The van der Waals surface area contributed by atoms with E-state index in [9.17, 15) is 0 Å². The topological polar surface area (TPSA) is 45.1 Å². The maximum atomic E-state index is 8.96. The minimum atomic E-state index is 0.185. The van der Waals surface area contributed by atoms with Crippen LogP contribution in [0.25, 0.3) is 0 Å². The first-order valence-electron chi connectivity index (χ1n) is 4.62. The van der Waals surface area contributed by atoms with Gasteiger partial charge in [-0.1, -0.05) is 6.92 Å². The van der Waals surface area contributed by atoms with Crippen LogP contribution in [0.1, 0.15) is 13.8 Å². The molecule has 2 unspecified atom stereocenters. The van der Waals surface area contributed by atoms with E-state index in [0.717, 1.165) is 10.3 Å². The highest BCUT2D eigenvalue weighted by atomic mass is 79.9. The van der Waals surface area contributed by atoms with Crippen LogP contribution < -0.4 is 5.32 Å². The lowest BCUT2D eigenvalue weighted by Gasteiger charge is -2.19. The summed E-state index contributed by atoms with van der Waals surface area (Å²) < 4.78 is 0.964. The molecule has 14 heavy (non-hydrogen) atoms. The standard InChI is InChI=1S/C10H15BrN2O/c1-7(6-14)8(2)13-10-4-3-9(11)5-12-10/h3-5,7-8,14H,6H2,1-2H3,(H,12,13). The molecular weight excluding hydrogens is 244 g/mol. The fraction of sp³-hybridized carbons (Fsp3) is 0.500. The Labute approximate surface area is 92.7 Å². The SMILES string of the molecule is CC(CO)C(C)Nc1ccc(Br)cn1. The predicted octanol–water partition coefficient (Wildman–Crippen LogP) is 2.27. The lowest BCUT2D eigenvalue weighted by molar-refractivity contribution is 0.226.